The Morgan fingerprint density at radius 1 is 1.13 bits per heavy atom. The number of amides is 1. The first-order valence-corrected chi connectivity index (χ1v) is 8.69. The second-order valence-electron chi connectivity index (χ2n) is 4.85. The Balaban J connectivity index is 2.05. The van der Waals surface area contributed by atoms with Gasteiger partial charge in [0.15, 0.2) is 0 Å². The van der Waals surface area contributed by atoms with Gasteiger partial charge in [-0.2, -0.15) is 0 Å². The van der Waals surface area contributed by atoms with Crippen LogP contribution in [0.15, 0.2) is 47.6 Å². The van der Waals surface area contributed by atoms with E-state index in [-0.39, 0.29) is 16.8 Å². The number of nitrogens with zero attached hydrogens (tertiary/aromatic N) is 2. The van der Waals surface area contributed by atoms with Crippen molar-refractivity contribution in [3.05, 3.63) is 42.7 Å². The SMILES string of the molecule is CCCCC(=O)Nc1ccc(S(=O)(=O)Nc2ncccn2)cc1. The molecule has 0 bridgehead atoms. The van der Waals surface area contributed by atoms with Crippen molar-refractivity contribution in [2.45, 2.75) is 31.1 Å². The summed E-state index contributed by atoms with van der Waals surface area (Å²) in [6.45, 7) is 2.01. The molecule has 0 aliphatic heterocycles. The maximum Gasteiger partial charge on any atom is 0.264 e. The normalized spacial score (nSPS) is 11.0. The van der Waals surface area contributed by atoms with Gasteiger partial charge < -0.3 is 5.32 Å². The van der Waals surface area contributed by atoms with E-state index in [1.165, 1.54) is 24.5 Å². The summed E-state index contributed by atoms with van der Waals surface area (Å²) in [6.07, 6.45) is 5.10. The maximum atomic E-state index is 12.2. The molecule has 1 heterocycles. The largest absolute Gasteiger partial charge is 0.326 e. The zero-order chi connectivity index (χ0) is 16.7. The fourth-order valence-corrected chi connectivity index (χ4v) is 2.77. The fraction of sp³-hybridized carbons (Fsp3) is 0.267. The first-order chi connectivity index (χ1) is 11.0. The number of sulfonamides is 1. The number of hydrogen-bond acceptors (Lipinski definition) is 5. The van der Waals surface area contributed by atoms with Crippen LogP contribution < -0.4 is 10.0 Å². The molecule has 122 valence electrons. The first kappa shape index (κ1) is 16.9. The summed E-state index contributed by atoms with van der Waals surface area (Å²) in [6, 6.07) is 7.52. The maximum absolute atomic E-state index is 12.2. The highest BCUT2D eigenvalue weighted by molar-refractivity contribution is 7.92. The lowest BCUT2D eigenvalue weighted by Gasteiger charge is -2.08. The van der Waals surface area contributed by atoms with Crippen LogP contribution in [0.5, 0.6) is 0 Å². The molecule has 0 fully saturated rings. The van der Waals surface area contributed by atoms with Crippen LogP contribution in [-0.4, -0.2) is 24.3 Å². The van der Waals surface area contributed by atoms with Gasteiger partial charge in [0.25, 0.3) is 10.0 Å². The van der Waals surface area contributed by atoms with Crippen LogP contribution in [0.2, 0.25) is 0 Å². The van der Waals surface area contributed by atoms with E-state index in [4.69, 9.17) is 0 Å². The summed E-state index contributed by atoms with van der Waals surface area (Å²) in [4.78, 5) is 19.3. The summed E-state index contributed by atoms with van der Waals surface area (Å²) in [5, 5.41) is 2.73. The molecule has 8 heteroatoms. The third-order valence-corrected chi connectivity index (χ3v) is 4.34. The molecule has 0 aliphatic rings. The quantitative estimate of drug-likeness (QED) is 0.809. The lowest BCUT2D eigenvalue weighted by molar-refractivity contribution is -0.116. The molecule has 1 aromatic carbocycles. The number of unbranched alkanes of at least 4 members (excludes halogenated alkanes) is 1. The average molecular weight is 334 g/mol. The zero-order valence-corrected chi connectivity index (χ0v) is 13.5. The van der Waals surface area contributed by atoms with E-state index in [9.17, 15) is 13.2 Å². The molecule has 2 N–H and O–H groups in total. The van der Waals surface area contributed by atoms with Gasteiger partial charge in [-0.3, -0.25) is 4.79 Å². The summed E-state index contributed by atoms with van der Waals surface area (Å²) >= 11 is 0. The van der Waals surface area contributed by atoms with Gasteiger partial charge >= 0.3 is 0 Å². The Morgan fingerprint density at radius 3 is 2.39 bits per heavy atom. The highest BCUT2D eigenvalue weighted by Crippen LogP contribution is 2.16. The third kappa shape index (κ3) is 5.03. The first-order valence-electron chi connectivity index (χ1n) is 7.21. The smallest absolute Gasteiger partial charge is 0.264 e. The number of hydrogen-bond donors (Lipinski definition) is 2. The van der Waals surface area contributed by atoms with Gasteiger partial charge in [-0.25, -0.2) is 23.1 Å². The fourth-order valence-electron chi connectivity index (χ4n) is 1.81. The molecule has 2 rings (SSSR count). The van der Waals surface area contributed by atoms with E-state index in [2.05, 4.69) is 20.0 Å². The summed E-state index contributed by atoms with van der Waals surface area (Å²) in [5.74, 6) is -0.0808. The van der Waals surface area contributed by atoms with Crippen molar-refractivity contribution in [3.63, 3.8) is 0 Å². The average Bonchev–Trinajstić information content (AvgIpc) is 2.54. The minimum absolute atomic E-state index is 0.00412. The molecular formula is C15H18N4O3S. The van der Waals surface area contributed by atoms with Crippen LogP contribution in [0.25, 0.3) is 0 Å². The molecular weight excluding hydrogens is 316 g/mol. The number of rotatable bonds is 7. The Bertz CT molecular complexity index is 746. The van der Waals surface area contributed by atoms with Gasteiger partial charge in [-0.15, -0.1) is 0 Å². The topological polar surface area (TPSA) is 101 Å². The molecule has 23 heavy (non-hydrogen) atoms. The molecule has 0 atom stereocenters. The van der Waals surface area contributed by atoms with Gasteiger partial charge in [0, 0.05) is 24.5 Å². The molecule has 0 saturated carbocycles. The Kier molecular flexibility index (Phi) is 5.64. The predicted molar refractivity (Wildman–Crippen MR) is 87.4 cm³/mol. The van der Waals surface area contributed by atoms with Crippen molar-refractivity contribution in [2.75, 3.05) is 10.0 Å². The van der Waals surface area contributed by atoms with Gasteiger partial charge in [-0.1, -0.05) is 13.3 Å². The third-order valence-electron chi connectivity index (χ3n) is 3.00. The number of aromatic nitrogens is 2. The Hall–Kier alpha value is -2.48. The van der Waals surface area contributed by atoms with E-state index in [0.717, 1.165) is 12.8 Å². The summed E-state index contributed by atoms with van der Waals surface area (Å²) < 4.78 is 26.7. The minimum Gasteiger partial charge on any atom is -0.326 e. The monoisotopic (exact) mass is 334 g/mol. The minimum atomic E-state index is -3.76. The van der Waals surface area contributed by atoms with Crippen molar-refractivity contribution in [2.24, 2.45) is 0 Å². The van der Waals surface area contributed by atoms with Crippen LogP contribution in [0.3, 0.4) is 0 Å². The van der Waals surface area contributed by atoms with Crippen LogP contribution in [0, 0.1) is 0 Å². The Labute approximate surface area is 135 Å². The van der Waals surface area contributed by atoms with Crippen molar-refractivity contribution in [1.82, 2.24) is 9.97 Å². The van der Waals surface area contributed by atoms with Crippen molar-refractivity contribution >= 4 is 27.6 Å². The zero-order valence-electron chi connectivity index (χ0n) is 12.7. The van der Waals surface area contributed by atoms with Crippen LogP contribution >= 0.6 is 0 Å². The predicted octanol–water partition coefficient (Wildman–Crippen LogP) is 2.41. The Morgan fingerprint density at radius 2 is 1.78 bits per heavy atom. The summed E-state index contributed by atoms with van der Waals surface area (Å²) in [7, 11) is -3.76. The van der Waals surface area contributed by atoms with Crippen LogP contribution in [-0.2, 0) is 14.8 Å². The van der Waals surface area contributed by atoms with Crippen molar-refractivity contribution in [1.29, 1.82) is 0 Å². The van der Waals surface area contributed by atoms with Gasteiger partial charge in [0.2, 0.25) is 11.9 Å². The van der Waals surface area contributed by atoms with Gasteiger partial charge in [0.05, 0.1) is 4.90 Å². The summed E-state index contributed by atoms with van der Waals surface area (Å²) in [5.41, 5.74) is 0.556. The second-order valence-corrected chi connectivity index (χ2v) is 6.54. The molecule has 0 spiro atoms. The van der Waals surface area contributed by atoms with Gasteiger partial charge in [0.1, 0.15) is 0 Å². The van der Waals surface area contributed by atoms with E-state index < -0.39 is 10.0 Å². The highest BCUT2D eigenvalue weighted by Gasteiger charge is 2.15. The number of anilines is 2. The van der Waals surface area contributed by atoms with Crippen LogP contribution in [0.4, 0.5) is 11.6 Å². The van der Waals surface area contributed by atoms with Crippen molar-refractivity contribution in [3.8, 4) is 0 Å². The molecule has 7 nitrogen and oxygen atoms in total. The molecule has 1 amide bonds. The van der Waals surface area contributed by atoms with E-state index in [0.29, 0.717) is 12.1 Å². The van der Waals surface area contributed by atoms with Gasteiger partial charge in [-0.05, 0) is 36.8 Å². The molecule has 0 unspecified atom stereocenters. The van der Waals surface area contributed by atoms with E-state index >= 15 is 0 Å². The number of carbonyl (C=O) groups is 1. The van der Waals surface area contributed by atoms with E-state index in [1.54, 1.807) is 18.2 Å². The lowest BCUT2D eigenvalue weighted by Crippen LogP contribution is -2.15. The van der Waals surface area contributed by atoms with Crippen LogP contribution in [0.1, 0.15) is 26.2 Å². The lowest BCUT2D eigenvalue weighted by atomic mass is 10.2. The van der Waals surface area contributed by atoms with Crippen molar-refractivity contribution < 1.29 is 13.2 Å². The van der Waals surface area contributed by atoms with E-state index in [1.807, 2.05) is 6.92 Å². The second kappa shape index (κ2) is 7.68. The number of carbonyl (C=O) groups excluding carboxylic acids is 1. The molecule has 0 saturated heterocycles. The molecule has 1 aromatic heterocycles. The molecule has 0 aliphatic carbocycles. The standard InChI is InChI=1S/C15H18N4O3S/c1-2-3-5-14(20)18-12-6-8-13(9-7-12)23(21,22)19-15-16-10-4-11-17-15/h4,6-11H,2-3,5H2,1H3,(H,18,20)(H,16,17,19). The highest BCUT2D eigenvalue weighted by atomic mass is 32.2. The molecule has 0 radical (unpaired) electrons. The number of nitrogens with one attached hydrogen (secondary N) is 2. The number of benzene rings is 1. The molecule has 2 aromatic rings.